The van der Waals surface area contributed by atoms with E-state index in [9.17, 15) is 4.79 Å². The van der Waals surface area contributed by atoms with Gasteiger partial charge in [-0.05, 0) is 32.6 Å². The minimum absolute atomic E-state index is 0.315. The molecule has 2 unspecified atom stereocenters. The summed E-state index contributed by atoms with van der Waals surface area (Å²) >= 11 is 0. The van der Waals surface area contributed by atoms with E-state index in [0.717, 1.165) is 39.1 Å². The van der Waals surface area contributed by atoms with E-state index in [0.29, 0.717) is 24.5 Å². The molecule has 0 bridgehead atoms. The summed E-state index contributed by atoms with van der Waals surface area (Å²) in [7, 11) is 0. The molecule has 2 fully saturated rings. The van der Waals surface area contributed by atoms with Gasteiger partial charge in [0, 0.05) is 38.7 Å². The fourth-order valence-electron chi connectivity index (χ4n) is 2.69. The Hall–Kier alpha value is -0.610. The van der Waals surface area contributed by atoms with Crippen molar-refractivity contribution in [2.75, 3.05) is 26.2 Å². The van der Waals surface area contributed by atoms with Gasteiger partial charge >= 0.3 is 0 Å². The van der Waals surface area contributed by atoms with Crippen molar-refractivity contribution >= 4 is 5.91 Å². The summed E-state index contributed by atoms with van der Waals surface area (Å²) in [6.07, 6.45) is 5.50. The summed E-state index contributed by atoms with van der Waals surface area (Å²) in [5, 5.41) is 3.48. The molecule has 0 aromatic carbocycles. The smallest absolute Gasteiger partial charge is 0.223 e. The van der Waals surface area contributed by atoms with Crippen LogP contribution < -0.4 is 5.32 Å². The van der Waals surface area contributed by atoms with Crippen molar-refractivity contribution in [3.63, 3.8) is 0 Å². The largest absolute Gasteiger partial charge is 0.378 e. The first-order chi connectivity index (χ1) is 8.25. The van der Waals surface area contributed by atoms with E-state index >= 15 is 0 Å². The van der Waals surface area contributed by atoms with E-state index in [1.54, 1.807) is 0 Å². The van der Waals surface area contributed by atoms with Gasteiger partial charge < -0.3 is 15.0 Å². The van der Waals surface area contributed by atoms with Crippen LogP contribution in [0, 0.1) is 0 Å². The van der Waals surface area contributed by atoms with Crippen LogP contribution in [0.3, 0.4) is 0 Å². The fraction of sp³-hybridized carbons (Fsp3) is 0.923. The number of carbonyl (C=O) groups is 1. The Balaban J connectivity index is 1.60. The first kappa shape index (κ1) is 12.8. The molecule has 2 heterocycles. The van der Waals surface area contributed by atoms with Crippen molar-refractivity contribution in [3.05, 3.63) is 0 Å². The second-order valence-electron chi connectivity index (χ2n) is 5.19. The van der Waals surface area contributed by atoms with E-state index in [2.05, 4.69) is 12.2 Å². The molecule has 2 saturated heterocycles. The molecule has 1 amide bonds. The first-order valence-corrected chi connectivity index (χ1v) is 6.88. The maximum Gasteiger partial charge on any atom is 0.223 e. The quantitative estimate of drug-likeness (QED) is 0.801. The lowest BCUT2D eigenvalue weighted by Gasteiger charge is -2.28. The van der Waals surface area contributed by atoms with Crippen LogP contribution in [-0.4, -0.2) is 49.2 Å². The lowest BCUT2D eigenvalue weighted by Crippen LogP contribution is -2.40. The Kier molecular flexibility index (Phi) is 4.80. The number of nitrogens with zero attached hydrogens (tertiary/aromatic N) is 1. The van der Waals surface area contributed by atoms with Gasteiger partial charge in [-0.3, -0.25) is 4.79 Å². The van der Waals surface area contributed by atoms with Gasteiger partial charge in [-0.1, -0.05) is 0 Å². The van der Waals surface area contributed by atoms with Gasteiger partial charge in [-0.15, -0.1) is 0 Å². The molecule has 4 heteroatoms. The van der Waals surface area contributed by atoms with Gasteiger partial charge in [-0.2, -0.15) is 0 Å². The predicted molar refractivity (Wildman–Crippen MR) is 66.9 cm³/mol. The molecule has 2 rings (SSSR count). The molecular formula is C13H24N2O2. The second-order valence-corrected chi connectivity index (χ2v) is 5.19. The van der Waals surface area contributed by atoms with Crippen LogP contribution in [0.25, 0.3) is 0 Å². The Morgan fingerprint density at radius 3 is 2.88 bits per heavy atom. The number of ether oxygens (including phenoxy) is 1. The summed E-state index contributed by atoms with van der Waals surface area (Å²) in [5.41, 5.74) is 0. The summed E-state index contributed by atoms with van der Waals surface area (Å²) in [4.78, 5) is 13.8. The zero-order chi connectivity index (χ0) is 12.1. The van der Waals surface area contributed by atoms with Crippen LogP contribution in [0.5, 0.6) is 0 Å². The number of amides is 1. The SMILES string of the molecule is CC1CC(NCCC(=O)N2CCCC2)CCO1. The van der Waals surface area contributed by atoms with Crippen LogP contribution in [-0.2, 0) is 9.53 Å². The molecule has 0 radical (unpaired) electrons. The van der Waals surface area contributed by atoms with Crippen molar-refractivity contribution in [2.45, 2.75) is 51.2 Å². The van der Waals surface area contributed by atoms with Crippen LogP contribution in [0.1, 0.15) is 39.0 Å². The number of carbonyl (C=O) groups excluding carboxylic acids is 1. The maximum atomic E-state index is 11.8. The third-order valence-electron chi connectivity index (χ3n) is 3.72. The average molecular weight is 240 g/mol. The minimum Gasteiger partial charge on any atom is -0.378 e. The van der Waals surface area contributed by atoms with Crippen molar-refractivity contribution in [3.8, 4) is 0 Å². The molecule has 2 aliphatic rings. The number of hydrogen-bond acceptors (Lipinski definition) is 3. The highest BCUT2D eigenvalue weighted by Crippen LogP contribution is 2.13. The predicted octanol–water partition coefficient (Wildman–Crippen LogP) is 1.16. The van der Waals surface area contributed by atoms with Gasteiger partial charge in [0.2, 0.25) is 5.91 Å². The molecule has 98 valence electrons. The highest BCUT2D eigenvalue weighted by Gasteiger charge is 2.20. The standard InChI is InChI=1S/C13H24N2O2/c1-11-10-12(5-9-17-11)14-6-4-13(16)15-7-2-3-8-15/h11-12,14H,2-10H2,1H3. The lowest BCUT2D eigenvalue weighted by molar-refractivity contribution is -0.130. The number of nitrogens with one attached hydrogen (secondary N) is 1. The van der Waals surface area contributed by atoms with E-state index in [1.807, 2.05) is 4.90 Å². The van der Waals surface area contributed by atoms with Crippen LogP contribution in [0.4, 0.5) is 0 Å². The Bertz CT molecular complexity index is 252. The first-order valence-electron chi connectivity index (χ1n) is 6.88. The van der Waals surface area contributed by atoms with Gasteiger partial charge in [0.05, 0.1) is 6.10 Å². The highest BCUT2D eigenvalue weighted by atomic mass is 16.5. The monoisotopic (exact) mass is 240 g/mol. The van der Waals surface area contributed by atoms with Crippen LogP contribution in [0.2, 0.25) is 0 Å². The normalized spacial score (nSPS) is 29.6. The van der Waals surface area contributed by atoms with E-state index in [-0.39, 0.29) is 0 Å². The molecule has 2 aliphatic heterocycles. The van der Waals surface area contributed by atoms with Crippen molar-refractivity contribution in [1.29, 1.82) is 0 Å². The van der Waals surface area contributed by atoms with Crippen molar-refractivity contribution in [1.82, 2.24) is 10.2 Å². The van der Waals surface area contributed by atoms with E-state index in [4.69, 9.17) is 4.74 Å². The molecule has 4 nitrogen and oxygen atoms in total. The number of likely N-dealkylation sites (tertiary alicyclic amines) is 1. The Morgan fingerprint density at radius 1 is 1.41 bits per heavy atom. The molecule has 0 saturated carbocycles. The highest BCUT2D eigenvalue weighted by molar-refractivity contribution is 5.76. The number of rotatable bonds is 4. The third kappa shape index (κ3) is 3.96. The molecule has 0 spiro atoms. The molecule has 1 N–H and O–H groups in total. The third-order valence-corrected chi connectivity index (χ3v) is 3.72. The van der Waals surface area contributed by atoms with Gasteiger partial charge in [-0.25, -0.2) is 0 Å². The van der Waals surface area contributed by atoms with Gasteiger partial charge in [0.1, 0.15) is 0 Å². The Morgan fingerprint density at radius 2 is 2.18 bits per heavy atom. The molecule has 0 aliphatic carbocycles. The topological polar surface area (TPSA) is 41.6 Å². The summed E-state index contributed by atoms with van der Waals surface area (Å²) in [6, 6.07) is 0.533. The van der Waals surface area contributed by atoms with Crippen molar-refractivity contribution in [2.24, 2.45) is 0 Å². The molecule has 0 aromatic heterocycles. The van der Waals surface area contributed by atoms with Crippen LogP contribution in [0.15, 0.2) is 0 Å². The minimum atomic E-state index is 0.315. The van der Waals surface area contributed by atoms with E-state index < -0.39 is 0 Å². The van der Waals surface area contributed by atoms with Gasteiger partial charge in [0.25, 0.3) is 0 Å². The molecular weight excluding hydrogens is 216 g/mol. The summed E-state index contributed by atoms with van der Waals surface area (Å²) in [5.74, 6) is 0.315. The Labute approximate surface area is 104 Å². The van der Waals surface area contributed by atoms with E-state index in [1.165, 1.54) is 12.8 Å². The molecule has 0 aromatic rings. The molecule has 17 heavy (non-hydrogen) atoms. The van der Waals surface area contributed by atoms with Crippen LogP contribution >= 0.6 is 0 Å². The second kappa shape index (κ2) is 6.36. The lowest BCUT2D eigenvalue weighted by atomic mass is 10.0. The average Bonchev–Trinajstić information content (AvgIpc) is 2.82. The number of hydrogen-bond donors (Lipinski definition) is 1. The van der Waals surface area contributed by atoms with Gasteiger partial charge in [0.15, 0.2) is 0 Å². The van der Waals surface area contributed by atoms with Crippen molar-refractivity contribution < 1.29 is 9.53 Å². The summed E-state index contributed by atoms with van der Waals surface area (Å²) in [6.45, 7) is 5.70. The molecule has 2 atom stereocenters. The zero-order valence-electron chi connectivity index (χ0n) is 10.8. The summed E-state index contributed by atoms with van der Waals surface area (Å²) < 4.78 is 5.50. The zero-order valence-corrected chi connectivity index (χ0v) is 10.8. The maximum absolute atomic E-state index is 11.8. The fourth-order valence-corrected chi connectivity index (χ4v) is 2.69.